The highest BCUT2D eigenvalue weighted by Crippen LogP contribution is 2.44. The molecule has 0 radical (unpaired) electrons. The van der Waals surface area contributed by atoms with Crippen molar-refractivity contribution in [1.82, 2.24) is 10.3 Å². The maximum Gasteiger partial charge on any atom is 0.419 e. The number of carbonyl (C=O) groups is 1. The van der Waals surface area contributed by atoms with Crippen LogP contribution in [-0.2, 0) is 15.7 Å². The Balaban J connectivity index is 1.94. The van der Waals surface area contributed by atoms with Gasteiger partial charge in [-0.05, 0) is 18.6 Å². The molecule has 2 saturated heterocycles. The standard InChI is InChI=1S/C16H17F3N4O2/c1-21-14(24)15-4-5-25-8-10(15)7-23(9-15)13-3-2-11(16(17,18)19)12(6-20)22-13/h2-3,10H,4-5,7-9H2,1H3,(H,21,24)/t10-,15+/m1/s1. The summed E-state index contributed by atoms with van der Waals surface area (Å²) in [4.78, 5) is 18.1. The van der Waals surface area contributed by atoms with Crippen LogP contribution in [0, 0.1) is 22.7 Å². The number of alkyl halides is 3. The van der Waals surface area contributed by atoms with Gasteiger partial charge in [0.25, 0.3) is 0 Å². The number of halogens is 3. The summed E-state index contributed by atoms with van der Waals surface area (Å²) in [6.45, 7) is 1.65. The fourth-order valence-corrected chi connectivity index (χ4v) is 3.68. The van der Waals surface area contributed by atoms with Crippen molar-refractivity contribution >= 4 is 11.7 Å². The monoisotopic (exact) mass is 354 g/mol. The van der Waals surface area contributed by atoms with Gasteiger partial charge in [0.1, 0.15) is 11.9 Å². The Morgan fingerprint density at radius 3 is 2.92 bits per heavy atom. The average molecular weight is 354 g/mol. The van der Waals surface area contributed by atoms with Gasteiger partial charge in [-0.1, -0.05) is 0 Å². The molecule has 3 rings (SSSR count). The number of hydrogen-bond donors (Lipinski definition) is 1. The number of aromatic nitrogens is 1. The highest BCUT2D eigenvalue weighted by atomic mass is 19.4. The van der Waals surface area contributed by atoms with Crippen molar-refractivity contribution in [2.24, 2.45) is 11.3 Å². The zero-order chi connectivity index (χ0) is 18.2. The number of ether oxygens (including phenoxy) is 1. The van der Waals surface area contributed by atoms with Gasteiger partial charge in [0, 0.05) is 32.7 Å². The molecule has 2 fully saturated rings. The summed E-state index contributed by atoms with van der Waals surface area (Å²) in [5.74, 6) is 0.0915. The number of nitriles is 1. The predicted molar refractivity (Wildman–Crippen MR) is 81.6 cm³/mol. The minimum Gasteiger partial charge on any atom is -0.381 e. The van der Waals surface area contributed by atoms with Gasteiger partial charge in [0.05, 0.1) is 17.6 Å². The molecule has 1 amide bonds. The second-order valence-electron chi connectivity index (χ2n) is 6.31. The number of carbonyl (C=O) groups excluding carboxylic acids is 1. The van der Waals surface area contributed by atoms with E-state index in [1.807, 2.05) is 0 Å². The summed E-state index contributed by atoms with van der Waals surface area (Å²) in [6, 6.07) is 3.63. The van der Waals surface area contributed by atoms with Gasteiger partial charge in [-0.3, -0.25) is 4.79 Å². The molecule has 1 N–H and O–H groups in total. The van der Waals surface area contributed by atoms with Crippen molar-refractivity contribution in [1.29, 1.82) is 5.26 Å². The van der Waals surface area contributed by atoms with E-state index in [0.29, 0.717) is 32.7 Å². The number of hydrogen-bond acceptors (Lipinski definition) is 5. The first-order chi connectivity index (χ1) is 11.8. The van der Waals surface area contributed by atoms with Crippen molar-refractivity contribution in [3.05, 3.63) is 23.4 Å². The van der Waals surface area contributed by atoms with Crippen LogP contribution in [0.4, 0.5) is 19.0 Å². The van der Waals surface area contributed by atoms with Crippen molar-refractivity contribution in [3.63, 3.8) is 0 Å². The van der Waals surface area contributed by atoms with E-state index in [1.165, 1.54) is 12.1 Å². The number of pyridine rings is 1. The molecule has 0 bridgehead atoms. The molecule has 1 aromatic rings. The van der Waals surface area contributed by atoms with Crippen molar-refractivity contribution < 1.29 is 22.7 Å². The Kier molecular flexibility index (Phi) is 4.33. The van der Waals surface area contributed by atoms with Gasteiger partial charge in [-0.25, -0.2) is 4.98 Å². The number of anilines is 1. The zero-order valence-corrected chi connectivity index (χ0v) is 13.6. The topological polar surface area (TPSA) is 78.2 Å². The molecule has 0 unspecified atom stereocenters. The first-order valence-corrected chi connectivity index (χ1v) is 7.85. The van der Waals surface area contributed by atoms with Crippen LogP contribution < -0.4 is 10.2 Å². The van der Waals surface area contributed by atoms with Crippen LogP contribution in [0.2, 0.25) is 0 Å². The van der Waals surface area contributed by atoms with Gasteiger partial charge in [-0.2, -0.15) is 18.4 Å². The van der Waals surface area contributed by atoms with Gasteiger partial charge in [-0.15, -0.1) is 0 Å². The predicted octanol–water partition coefficient (Wildman–Crippen LogP) is 1.56. The summed E-state index contributed by atoms with van der Waals surface area (Å²) in [5.41, 5.74) is -2.37. The maximum absolute atomic E-state index is 12.9. The molecule has 6 nitrogen and oxygen atoms in total. The fourth-order valence-electron chi connectivity index (χ4n) is 3.68. The van der Waals surface area contributed by atoms with E-state index in [2.05, 4.69) is 10.3 Å². The Labute approximate surface area is 142 Å². The fraction of sp³-hybridized carbons (Fsp3) is 0.562. The smallest absolute Gasteiger partial charge is 0.381 e. The molecule has 0 aromatic carbocycles. The molecule has 2 aliphatic heterocycles. The molecule has 2 atom stereocenters. The Bertz CT molecular complexity index is 731. The summed E-state index contributed by atoms with van der Waals surface area (Å²) in [6.07, 6.45) is -4.09. The highest BCUT2D eigenvalue weighted by Gasteiger charge is 2.53. The quantitative estimate of drug-likeness (QED) is 0.872. The van der Waals surface area contributed by atoms with Gasteiger partial charge in [0.2, 0.25) is 5.91 Å². The molecule has 25 heavy (non-hydrogen) atoms. The molecule has 3 heterocycles. The van der Waals surface area contributed by atoms with E-state index in [-0.39, 0.29) is 17.6 Å². The lowest BCUT2D eigenvalue weighted by Gasteiger charge is -2.36. The summed E-state index contributed by atoms with van der Waals surface area (Å²) in [5, 5.41) is 11.7. The van der Waals surface area contributed by atoms with Crippen LogP contribution in [0.3, 0.4) is 0 Å². The normalized spacial score (nSPS) is 26.0. The lowest BCUT2D eigenvalue weighted by atomic mass is 9.73. The minimum absolute atomic E-state index is 0.0733. The lowest BCUT2D eigenvalue weighted by Crippen LogP contribution is -2.49. The van der Waals surface area contributed by atoms with E-state index < -0.39 is 22.8 Å². The van der Waals surface area contributed by atoms with Crippen LogP contribution in [0.5, 0.6) is 0 Å². The molecule has 0 spiro atoms. The number of nitrogens with one attached hydrogen (secondary N) is 1. The molecule has 0 saturated carbocycles. The minimum atomic E-state index is -4.63. The lowest BCUT2D eigenvalue weighted by molar-refractivity contribution is -0.138. The van der Waals surface area contributed by atoms with Crippen LogP contribution in [-0.4, -0.2) is 44.2 Å². The third kappa shape index (κ3) is 2.91. The zero-order valence-electron chi connectivity index (χ0n) is 13.6. The van der Waals surface area contributed by atoms with Gasteiger partial charge >= 0.3 is 6.18 Å². The van der Waals surface area contributed by atoms with E-state index in [0.717, 1.165) is 6.07 Å². The summed E-state index contributed by atoms with van der Waals surface area (Å²) >= 11 is 0. The van der Waals surface area contributed by atoms with E-state index >= 15 is 0 Å². The second kappa shape index (κ2) is 6.19. The second-order valence-corrected chi connectivity index (χ2v) is 6.31. The van der Waals surface area contributed by atoms with Crippen LogP contribution in [0.25, 0.3) is 0 Å². The third-order valence-electron chi connectivity index (χ3n) is 5.00. The average Bonchev–Trinajstić information content (AvgIpc) is 3.00. The van der Waals surface area contributed by atoms with Gasteiger partial charge in [0.15, 0.2) is 5.69 Å². The summed E-state index contributed by atoms with van der Waals surface area (Å²) < 4.78 is 44.2. The number of nitrogens with zero attached hydrogens (tertiary/aromatic N) is 3. The molecule has 0 aliphatic carbocycles. The van der Waals surface area contributed by atoms with Crippen molar-refractivity contribution in [2.75, 3.05) is 38.3 Å². The Morgan fingerprint density at radius 2 is 2.28 bits per heavy atom. The van der Waals surface area contributed by atoms with Crippen LogP contribution >= 0.6 is 0 Å². The molecular formula is C16H17F3N4O2. The summed E-state index contributed by atoms with van der Waals surface area (Å²) in [7, 11) is 1.57. The first kappa shape index (κ1) is 17.5. The number of fused-ring (bicyclic) bond motifs is 1. The van der Waals surface area contributed by atoms with E-state index in [1.54, 1.807) is 11.9 Å². The first-order valence-electron chi connectivity index (χ1n) is 7.85. The van der Waals surface area contributed by atoms with Crippen LogP contribution in [0.15, 0.2) is 12.1 Å². The largest absolute Gasteiger partial charge is 0.419 e. The highest BCUT2D eigenvalue weighted by molar-refractivity contribution is 5.84. The number of rotatable bonds is 2. The third-order valence-corrected chi connectivity index (χ3v) is 5.00. The molecule has 134 valence electrons. The SMILES string of the molecule is CNC(=O)[C@]12CCOC[C@H]1CN(c1ccc(C(F)(F)F)c(C#N)n1)C2. The molecular weight excluding hydrogens is 337 g/mol. The maximum atomic E-state index is 12.9. The van der Waals surface area contributed by atoms with Crippen molar-refractivity contribution in [3.8, 4) is 6.07 Å². The Hall–Kier alpha value is -2.34. The Morgan fingerprint density at radius 1 is 1.52 bits per heavy atom. The van der Waals surface area contributed by atoms with Gasteiger partial charge < -0.3 is 15.0 Å². The molecule has 9 heteroatoms. The number of amides is 1. The van der Waals surface area contributed by atoms with E-state index in [9.17, 15) is 18.0 Å². The van der Waals surface area contributed by atoms with Crippen LogP contribution in [0.1, 0.15) is 17.7 Å². The van der Waals surface area contributed by atoms with E-state index in [4.69, 9.17) is 10.00 Å². The van der Waals surface area contributed by atoms with Crippen molar-refractivity contribution in [2.45, 2.75) is 12.6 Å². The molecule has 2 aliphatic rings. The molecule has 1 aromatic heterocycles.